The largest absolute Gasteiger partial charge is 0.379 e. The van der Waals surface area contributed by atoms with Gasteiger partial charge in [0.25, 0.3) is 0 Å². The average molecular weight is 297 g/mol. The van der Waals surface area contributed by atoms with Crippen molar-refractivity contribution in [2.45, 2.75) is 51.2 Å². The molecule has 0 saturated heterocycles. The Morgan fingerprint density at radius 3 is 2.48 bits per heavy atom. The Morgan fingerprint density at radius 1 is 1.19 bits per heavy atom. The van der Waals surface area contributed by atoms with Gasteiger partial charge in [-0.15, -0.1) is 0 Å². The highest BCUT2D eigenvalue weighted by Crippen LogP contribution is 2.34. The van der Waals surface area contributed by atoms with Crippen molar-refractivity contribution in [1.29, 1.82) is 0 Å². The van der Waals surface area contributed by atoms with Crippen LogP contribution in [0.2, 0.25) is 0 Å². The van der Waals surface area contributed by atoms with E-state index in [-0.39, 0.29) is 12.1 Å². The van der Waals surface area contributed by atoms with E-state index in [1.165, 1.54) is 31.4 Å². The molecule has 0 spiro atoms. The van der Waals surface area contributed by atoms with Crippen LogP contribution in [0, 0.1) is 17.6 Å². The van der Waals surface area contributed by atoms with Crippen molar-refractivity contribution in [3.05, 3.63) is 35.4 Å². The molecule has 1 fully saturated rings. The molecule has 4 heteroatoms. The van der Waals surface area contributed by atoms with E-state index in [4.69, 9.17) is 4.74 Å². The van der Waals surface area contributed by atoms with Crippen molar-refractivity contribution in [2.24, 2.45) is 5.92 Å². The van der Waals surface area contributed by atoms with Crippen LogP contribution < -0.4 is 5.32 Å². The zero-order chi connectivity index (χ0) is 15.2. The van der Waals surface area contributed by atoms with Gasteiger partial charge < -0.3 is 10.1 Å². The van der Waals surface area contributed by atoms with Crippen molar-refractivity contribution in [3.63, 3.8) is 0 Å². The van der Waals surface area contributed by atoms with E-state index in [2.05, 4.69) is 5.32 Å². The SMILES string of the molecule is CCNC(c1ccc(F)c(F)c1)C(OC)C1CCCCC1. The normalized spacial score (nSPS) is 19.4. The highest BCUT2D eigenvalue weighted by Gasteiger charge is 2.31. The second kappa shape index (κ2) is 7.85. The van der Waals surface area contributed by atoms with E-state index in [9.17, 15) is 8.78 Å². The summed E-state index contributed by atoms with van der Waals surface area (Å²) in [5.74, 6) is -1.13. The highest BCUT2D eigenvalue weighted by molar-refractivity contribution is 5.23. The predicted octanol–water partition coefficient (Wildman–Crippen LogP) is 4.21. The van der Waals surface area contributed by atoms with Crippen LogP contribution in [0.1, 0.15) is 50.6 Å². The lowest BCUT2D eigenvalue weighted by Gasteiger charge is -2.35. The summed E-state index contributed by atoms with van der Waals surface area (Å²) in [5.41, 5.74) is 0.758. The van der Waals surface area contributed by atoms with Crippen molar-refractivity contribution in [3.8, 4) is 0 Å². The second-order valence-corrected chi connectivity index (χ2v) is 5.81. The van der Waals surface area contributed by atoms with E-state index in [0.29, 0.717) is 5.92 Å². The van der Waals surface area contributed by atoms with Crippen LogP contribution in [0.25, 0.3) is 0 Å². The molecule has 1 N–H and O–H groups in total. The molecule has 1 aromatic carbocycles. The zero-order valence-electron chi connectivity index (χ0n) is 12.9. The Kier molecular flexibility index (Phi) is 6.12. The number of hydrogen-bond donors (Lipinski definition) is 1. The summed E-state index contributed by atoms with van der Waals surface area (Å²) in [5, 5.41) is 3.38. The second-order valence-electron chi connectivity index (χ2n) is 5.81. The van der Waals surface area contributed by atoms with E-state index in [1.807, 2.05) is 6.92 Å². The van der Waals surface area contributed by atoms with Gasteiger partial charge in [0, 0.05) is 7.11 Å². The van der Waals surface area contributed by atoms with Crippen LogP contribution >= 0.6 is 0 Å². The van der Waals surface area contributed by atoms with Crippen LogP contribution in [0.3, 0.4) is 0 Å². The number of rotatable bonds is 6. The fourth-order valence-electron chi connectivity index (χ4n) is 3.41. The standard InChI is InChI=1S/C17H25F2NO/c1-3-20-16(13-9-10-14(18)15(19)11-13)17(21-2)12-7-5-4-6-8-12/h9-12,16-17,20H,3-8H2,1-2H3. The fourth-order valence-corrected chi connectivity index (χ4v) is 3.41. The first-order valence-electron chi connectivity index (χ1n) is 7.88. The molecule has 0 aromatic heterocycles. The summed E-state index contributed by atoms with van der Waals surface area (Å²) in [4.78, 5) is 0. The Labute approximate surface area is 125 Å². The van der Waals surface area contributed by atoms with E-state index >= 15 is 0 Å². The van der Waals surface area contributed by atoms with Crippen molar-refractivity contribution < 1.29 is 13.5 Å². The number of benzene rings is 1. The van der Waals surface area contributed by atoms with Crippen molar-refractivity contribution in [1.82, 2.24) is 5.32 Å². The number of halogens is 2. The van der Waals surface area contributed by atoms with Gasteiger partial charge in [0.1, 0.15) is 0 Å². The molecule has 2 atom stereocenters. The maximum absolute atomic E-state index is 13.5. The van der Waals surface area contributed by atoms with Crippen molar-refractivity contribution >= 4 is 0 Å². The molecular weight excluding hydrogens is 272 g/mol. The maximum Gasteiger partial charge on any atom is 0.159 e. The summed E-state index contributed by atoms with van der Waals surface area (Å²) in [7, 11) is 1.71. The molecule has 0 amide bonds. The number of methoxy groups -OCH3 is 1. The third kappa shape index (κ3) is 4.01. The van der Waals surface area contributed by atoms with Crippen LogP contribution in [0.4, 0.5) is 8.78 Å². The van der Waals surface area contributed by atoms with Gasteiger partial charge in [-0.25, -0.2) is 8.78 Å². The van der Waals surface area contributed by atoms with Gasteiger partial charge in [-0.2, -0.15) is 0 Å². The molecule has 2 unspecified atom stereocenters. The lowest BCUT2D eigenvalue weighted by atomic mass is 9.81. The summed E-state index contributed by atoms with van der Waals surface area (Å²) in [6, 6.07) is 4.04. The monoisotopic (exact) mass is 297 g/mol. The molecule has 1 aliphatic rings. The highest BCUT2D eigenvalue weighted by atomic mass is 19.2. The molecule has 1 saturated carbocycles. The van der Waals surface area contributed by atoms with Gasteiger partial charge in [-0.1, -0.05) is 32.3 Å². The van der Waals surface area contributed by atoms with E-state index in [0.717, 1.165) is 24.9 Å². The molecule has 1 aromatic rings. The van der Waals surface area contributed by atoms with E-state index < -0.39 is 11.6 Å². The van der Waals surface area contributed by atoms with E-state index in [1.54, 1.807) is 13.2 Å². The van der Waals surface area contributed by atoms with Gasteiger partial charge in [-0.3, -0.25) is 0 Å². The molecule has 1 aliphatic carbocycles. The number of hydrogen-bond acceptors (Lipinski definition) is 2. The number of likely N-dealkylation sites (N-methyl/N-ethyl adjacent to an activating group) is 1. The van der Waals surface area contributed by atoms with Crippen LogP contribution in [0.15, 0.2) is 18.2 Å². The molecular formula is C17H25F2NO. The first-order valence-corrected chi connectivity index (χ1v) is 7.88. The molecule has 0 heterocycles. The first-order chi connectivity index (χ1) is 10.2. The quantitative estimate of drug-likeness (QED) is 0.849. The minimum Gasteiger partial charge on any atom is -0.379 e. The van der Waals surface area contributed by atoms with Gasteiger partial charge in [0.15, 0.2) is 11.6 Å². The number of ether oxygens (including phenoxy) is 1. The Hall–Kier alpha value is -1.00. The summed E-state index contributed by atoms with van der Waals surface area (Å²) >= 11 is 0. The third-order valence-electron chi connectivity index (χ3n) is 4.44. The van der Waals surface area contributed by atoms with Crippen LogP contribution in [-0.4, -0.2) is 19.8 Å². The lowest BCUT2D eigenvalue weighted by Crippen LogP contribution is -2.39. The Balaban J connectivity index is 2.23. The zero-order valence-corrected chi connectivity index (χ0v) is 12.9. The van der Waals surface area contributed by atoms with Crippen LogP contribution in [0.5, 0.6) is 0 Å². The lowest BCUT2D eigenvalue weighted by molar-refractivity contribution is 0.00783. The molecule has 0 radical (unpaired) electrons. The van der Waals surface area contributed by atoms with Gasteiger partial charge in [0.2, 0.25) is 0 Å². The first kappa shape index (κ1) is 16.4. The summed E-state index contributed by atoms with van der Waals surface area (Å²) < 4.78 is 32.5. The topological polar surface area (TPSA) is 21.3 Å². The van der Waals surface area contributed by atoms with Gasteiger partial charge in [-0.05, 0) is 43.0 Å². The molecule has 0 aliphatic heterocycles. The van der Waals surface area contributed by atoms with Crippen molar-refractivity contribution in [2.75, 3.05) is 13.7 Å². The molecule has 2 rings (SSSR count). The number of nitrogens with one attached hydrogen (secondary N) is 1. The molecule has 2 nitrogen and oxygen atoms in total. The third-order valence-corrected chi connectivity index (χ3v) is 4.44. The van der Waals surface area contributed by atoms with Crippen LogP contribution in [-0.2, 0) is 4.74 Å². The Morgan fingerprint density at radius 2 is 1.90 bits per heavy atom. The summed E-state index contributed by atoms with van der Waals surface area (Å²) in [6.45, 7) is 2.77. The summed E-state index contributed by atoms with van der Waals surface area (Å²) in [6.07, 6.45) is 6.01. The predicted molar refractivity (Wildman–Crippen MR) is 80.1 cm³/mol. The minimum atomic E-state index is -0.805. The maximum atomic E-state index is 13.5. The molecule has 118 valence electrons. The average Bonchev–Trinajstić information content (AvgIpc) is 2.51. The smallest absolute Gasteiger partial charge is 0.159 e. The Bertz CT molecular complexity index is 446. The molecule has 0 bridgehead atoms. The van der Waals surface area contributed by atoms with Gasteiger partial charge >= 0.3 is 0 Å². The fraction of sp³-hybridized carbons (Fsp3) is 0.647. The van der Waals surface area contributed by atoms with Gasteiger partial charge in [0.05, 0.1) is 12.1 Å². The molecule has 21 heavy (non-hydrogen) atoms. The minimum absolute atomic E-state index is 0.00453.